The molecular formula is C24H31FN4O3S. The van der Waals surface area contributed by atoms with E-state index in [1.807, 2.05) is 4.90 Å². The minimum absolute atomic E-state index is 0.126. The number of piperazine rings is 1. The lowest BCUT2D eigenvalue weighted by Crippen LogP contribution is -2.48. The van der Waals surface area contributed by atoms with E-state index in [4.69, 9.17) is 0 Å². The smallest absolute Gasteiger partial charge is 0.251 e. The van der Waals surface area contributed by atoms with Crippen LogP contribution in [0.2, 0.25) is 0 Å². The molecule has 7 nitrogen and oxygen atoms in total. The minimum atomic E-state index is -3.71. The number of hydrogen-bond donors (Lipinski definition) is 1. The van der Waals surface area contributed by atoms with Gasteiger partial charge < -0.3 is 15.1 Å². The summed E-state index contributed by atoms with van der Waals surface area (Å²) >= 11 is 0. The summed E-state index contributed by atoms with van der Waals surface area (Å²) < 4.78 is 41.0. The van der Waals surface area contributed by atoms with Crippen molar-refractivity contribution in [2.75, 3.05) is 57.3 Å². The molecule has 178 valence electrons. The van der Waals surface area contributed by atoms with E-state index in [1.165, 1.54) is 47.8 Å². The predicted octanol–water partition coefficient (Wildman–Crippen LogP) is 2.55. The van der Waals surface area contributed by atoms with Gasteiger partial charge in [0.1, 0.15) is 5.82 Å². The fraction of sp³-hybridized carbons (Fsp3) is 0.458. The van der Waals surface area contributed by atoms with Gasteiger partial charge in [0.2, 0.25) is 10.0 Å². The maximum absolute atomic E-state index is 13.2. The molecule has 2 aliphatic heterocycles. The summed E-state index contributed by atoms with van der Waals surface area (Å²) in [5.74, 6) is -0.555. The molecule has 4 rings (SSSR count). The molecule has 0 aliphatic carbocycles. The third kappa shape index (κ3) is 5.90. The number of benzene rings is 2. The Morgan fingerprint density at radius 3 is 2.30 bits per heavy atom. The van der Waals surface area contributed by atoms with Gasteiger partial charge in [0.25, 0.3) is 5.91 Å². The normalized spacial score (nSPS) is 18.3. The molecule has 1 amide bonds. The van der Waals surface area contributed by atoms with Crippen molar-refractivity contribution >= 4 is 21.6 Å². The second kappa shape index (κ2) is 10.6. The Morgan fingerprint density at radius 1 is 0.909 bits per heavy atom. The summed E-state index contributed by atoms with van der Waals surface area (Å²) in [7, 11) is -3.71. The standard InChI is InChI=1S/C24H31FN4O3S/c25-21-7-9-22(10-8-21)28-15-17-29(18-16-28)33(31,32)23-6-4-5-20(19-23)24(30)26-11-14-27-12-2-1-3-13-27/h4-10,19H,1-3,11-18H2,(H,26,30). The Labute approximate surface area is 195 Å². The summed E-state index contributed by atoms with van der Waals surface area (Å²) in [4.78, 5) is 17.1. The highest BCUT2D eigenvalue weighted by atomic mass is 32.2. The summed E-state index contributed by atoms with van der Waals surface area (Å²) in [5.41, 5.74) is 1.22. The lowest BCUT2D eigenvalue weighted by molar-refractivity contribution is 0.0946. The second-order valence-electron chi connectivity index (χ2n) is 8.55. The van der Waals surface area contributed by atoms with Crippen molar-refractivity contribution in [3.8, 4) is 0 Å². The molecule has 9 heteroatoms. The largest absolute Gasteiger partial charge is 0.369 e. The van der Waals surface area contributed by atoms with E-state index in [1.54, 1.807) is 24.3 Å². The van der Waals surface area contributed by atoms with Crippen molar-refractivity contribution in [2.45, 2.75) is 24.2 Å². The number of anilines is 1. The average molecular weight is 475 g/mol. The van der Waals surface area contributed by atoms with Crippen LogP contribution in [0.25, 0.3) is 0 Å². The van der Waals surface area contributed by atoms with Crippen molar-refractivity contribution < 1.29 is 17.6 Å². The molecule has 0 saturated carbocycles. The Hall–Kier alpha value is -2.49. The SMILES string of the molecule is O=C(NCCN1CCCCC1)c1cccc(S(=O)(=O)N2CCN(c3ccc(F)cc3)CC2)c1. The highest BCUT2D eigenvalue weighted by Gasteiger charge is 2.29. The number of piperidine rings is 1. The molecule has 0 radical (unpaired) electrons. The van der Waals surface area contributed by atoms with Crippen molar-refractivity contribution in [1.29, 1.82) is 0 Å². The zero-order valence-corrected chi connectivity index (χ0v) is 19.6. The van der Waals surface area contributed by atoms with Crippen molar-refractivity contribution in [2.24, 2.45) is 0 Å². The van der Waals surface area contributed by atoms with Crippen LogP contribution in [0, 0.1) is 5.82 Å². The van der Waals surface area contributed by atoms with Crippen LogP contribution >= 0.6 is 0 Å². The van der Waals surface area contributed by atoms with Crippen LogP contribution in [0.4, 0.5) is 10.1 Å². The number of halogens is 1. The maximum atomic E-state index is 13.2. The average Bonchev–Trinajstić information content (AvgIpc) is 2.85. The summed E-state index contributed by atoms with van der Waals surface area (Å²) in [5, 5.41) is 2.91. The van der Waals surface area contributed by atoms with E-state index >= 15 is 0 Å². The predicted molar refractivity (Wildman–Crippen MR) is 126 cm³/mol. The molecule has 2 aromatic carbocycles. The van der Waals surface area contributed by atoms with Gasteiger partial charge in [0.05, 0.1) is 4.90 Å². The molecule has 2 saturated heterocycles. The lowest BCUT2D eigenvalue weighted by atomic mass is 10.1. The Morgan fingerprint density at radius 2 is 1.61 bits per heavy atom. The number of carbonyl (C=O) groups is 1. The molecule has 33 heavy (non-hydrogen) atoms. The van der Waals surface area contributed by atoms with E-state index in [9.17, 15) is 17.6 Å². The van der Waals surface area contributed by atoms with E-state index in [-0.39, 0.29) is 16.6 Å². The molecule has 2 aliphatic rings. The minimum Gasteiger partial charge on any atom is -0.369 e. The Bertz CT molecular complexity index is 1050. The molecule has 0 aromatic heterocycles. The number of likely N-dealkylation sites (tertiary alicyclic amines) is 1. The zero-order valence-electron chi connectivity index (χ0n) is 18.7. The van der Waals surface area contributed by atoms with Gasteiger partial charge in [-0.1, -0.05) is 12.5 Å². The fourth-order valence-electron chi connectivity index (χ4n) is 4.40. The molecule has 2 heterocycles. The zero-order chi connectivity index (χ0) is 23.3. The molecule has 1 N–H and O–H groups in total. The molecule has 0 unspecified atom stereocenters. The first-order chi connectivity index (χ1) is 15.9. The van der Waals surface area contributed by atoms with Crippen LogP contribution in [0.3, 0.4) is 0 Å². The van der Waals surface area contributed by atoms with Crippen LogP contribution in [-0.2, 0) is 10.0 Å². The lowest BCUT2D eigenvalue weighted by Gasteiger charge is -2.35. The van der Waals surface area contributed by atoms with E-state index in [0.29, 0.717) is 38.3 Å². The van der Waals surface area contributed by atoms with E-state index in [2.05, 4.69) is 10.2 Å². The number of nitrogens with one attached hydrogen (secondary N) is 1. The van der Waals surface area contributed by atoms with Crippen molar-refractivity contribution in [1.82, 2.24) is 14.5 Å². The molecule has 0 bridgehead atoms. The topological polar surface area (TPSA) is 73.0 Å². The molecule has 2 fully saturated rings. The first kappa shape index (κ1) is 23.7. The van der Waals surface area contributed by atoms with Crippen LogP contribution in [0.5, 0.6) is 0 Å². The number of nitrogens with zero attached hydrogens (tertiary/aromatic N) is 3. The Balaban J connectivity index is 1.34. The molecule has 0 spiro atoms. The van der Waals surface area contributed by atoms with Crippen LogP contribution in [-0.4, -0.2) is 75.9 Å². The number of rotatable bonds is 7. The van der Waals surface area contributed by atoms with Crippen molar-refractivity contribution in [3.63, 3.8) is 0 Å². The van der Waals surface area contributed by atoms with E-state index < -0.39 is 10.0 Å². The Kier molecular flexibility index (Phi) is 7.62. The first-order valence-electron chi connectivity index (χ1n) is 11.5. The number of sulfonamides is 1. The first-order valence-corrected chi connectivity index (χ1v) is 13.0. The van der Waals surface area contributed by atoms with Gasteiger partial charge in [-0.25, -0.2) is 12.8 Å². The molecular weight excluding hydrogens is 443 g/mol. The van der Waals surface area contributed by atoms with Crippen LogP contribution in [0.1, 0.15) is 29.6 Å². The van der Waals surface area contributed by atoms with Crippen LogP contribution in [0.15, 0.2) is 53.4 Å². The summed E-state index contributed by atoms with van der Waals surface area (Å²) in [6.07, 6.45) is 3.67. The molecule has 2 aromatic rings. The van der Waals surface area contributed by atoms with Gasteiger partial charge in [-0.2, -0.15) is 4.31 Å². The van der Waals surface area contributed by atoms with Gasteiger partial charge in [0.15, 0.2) is 0 Å². The second-order valence-corrected chi connectivity index (χ2v) is 10.5. The number of carbonyl (C=O) groups excluding carboxylic acids is 1. The van der Waals surface area contributed by atoms with Gasteiger partial charge in [-0.3, -0.25) is 4.79 Å². The van der Waals surface area contributed by atoms with Gasteiger partial charge in [-0.05, 0) is 68.4 Å². The summed E-state index contributed by atoms with van der Waals surface area (Å²) in [6.45, 7) is 5.17. The number of hydrogen-bond acceptors (Lipinski definition) is 5. The highest BCUT2D eigenvalue weighted by molar-refractivity contribution is 7.89. The fourth-order valence-corrected chi connectivity index (χ4v) is 5.87. The quantitative estimate of drug-likeness (QED) is 0.668. The van der Waals surface area contributed by atoms with Gasteiger partial charge in [-0.15, -0.1) is 0 Å². The van der Waals surface area contributed by atoms with Crippen LogP contribution < -0.4 is 10.2 Å². The maximum Gasteiger partial charge on any atom is 0.251 e. The summed E-state index contributed by atoms with van der Waals surface area (Å²) in [6, 6.07) is 12.5. The van der Waals surface area contributed by atoms with Gasteiger partial charge in [0, 0.05) is 50.5 Å². The number of amides is 1. The van der Waals surface area contributed by atoms with Crippen molar-refractivity contribution in [3.05, 3.63) is 59.9 Å². The highest BCUT2D eigenvalue weighted by Crippen LogP contribution is 2.22. The third-order valence-electron chi connectivity index (χ3n) is 6.33. The third-order valence-corrected chi connectivity index (χ3v) is 8.22. The van der Waals surface area contributed by atoms with Gasteiger partial charge >= 0.3 is 0 Å². The molecule has 0 atom stereocenters. The monoisotopic (exact) mass is 474 g/mol. The van der Waals surface area contributed by atoms with E-state index in [0.717, 1.165) is 25.3 Å².